The predicted octanol–water partition coefficient (Wildman–Crippen LogP) is 4.23. The molecule has 0 aliphatic heterocycles. The summed E-state index contributed by atoms with van der Waals surface area (Å²) in [7, 11) is 1.10. The fourth-order valence-electron chi connectivity index (χ4n) is 2.82. The number of hydrogen-bond acceptors (Lipinski definition) is 1. The van der Waals surface area contributed by atoms with Crippen LogP contribution in [0.3, 0.4) is 0 Å². The van der Waals surface area contributed by atoms with Gasteiger partial charge in [0.2, 0.25) is 0 Å². The number of benzene rings is 1. The SMILES string of the molecule is CC(C)(C)c1cc(C(C)(C)C)c([P-]C#Cc2cccs2)c(C(C)(C)C)c1.[Li+]. The average molecular weight is 391 g/mol. The molecule has 0 N–H and O–H groups in total. The minimum Gasteiger partial charge on any atom is -0.418 e. The predicted molar refractivity (Wildman–Crippen MR) is 120 cm³/mol. The van der Waals surface area contributed by atoms with Gasteiger partial charge in [0, 0.05) is 0 Å². The fourth-order valence-corrected chi connectivity index (χ4v) is 4.80. The van der Waals surface area contributed by atoms with Crippen LogP contribution in [0.2, 0.25) is 0 Å². The van der Waals surface area contributed by atoms with Crippen molar-refractivity contribution in [1.29, 1.82) is 0 Å². The maximum absolute atomic E-state index is 3.42. The van der Waals surface area contributed by atoms with E-state index in [0.29, 0.717) is 0 Å². The maximum Gasteiger partial charge on any atom is 1.00 e. The van der Waals surface area contributed by atoms with Crippen LogP contribution in [-0.4, -0.2) is 0 Å². The summed E-state index contributed by atoms with van der Waals surface area (Å²) in [6.07, 6.45) is 0. The summed E-state index contributed by atoms with van der Waals surface area (Å²) >= 11 is 1.71. The third-order valence-corrected chi connectivity index (χ3v) is 6.17. The minimum atomic E-state index is 0. The molecule has 140 valence electrons. The van der Waals surface area contributed by atoms with Crippen molar-refractivity contribution in [3.05, 3.63) is 51.2 Å². The molecule has 27 heavy (non-hydrogen) atoms. The Hall–Kier alpha value is -0.493. The molecule has 0 saturated carbocycles. The standard InChI is InChI=1S/C24H32PS.Li/c1-22(2,3)17-15-19(23(4,5)6)21(20(16-17)24(7,8)9)25-13-12-18-11-10-14-26-18;/h10-11,14-16H,1-9H3;/q-1;+1. The van der Waals surface area contributed by atoms with E-state index in [-0.39, 0.29) is 35.1 Å². The average Bonchev–Trinajstić information content (AvgIpc) is 2.97. The molecule has 0 amide bonds. The summed E-state index contributed by atoms with van der Waals surface area (Å²) in [4.78, 5) is 1.14. The molecule has 2 aromatic rings. The van der Waals surface area contributed by atoms with Gasteiger partial charge in [-0.15, -0.1) is 11.3 Å². The van der Waals surface area contributed by atoms with Crippen molar-refractivity contribution >= 4 is 25.2 Å². The van der Waals surface area contributed by atoms with Gasteiger partial charge in [-0.25, -0.2) is 0 Å². The van der Waals surface area contributed by atoms with E-state index < -0.39 is 0 Å². The van der Waals surface area contributed by atoms with Gasteiger partial charge in [0.1, 0.15) is 0 Å². The van der Waals surface area contributed by atoms with E-state index in [1.807, 2.05) is 0 Å². The summed E-state index contributed by atoms with van der Waals surface area (Å²) in [6, 6.07) is 8.99. The van der Waals surface area contributed by atoms with Crippen LogP contribution in [-0.2, 0) is 16.2 Å². The van der Waals surface area contributed by atoms with Crippen molar-refractivity contribution in [3.63, 3.8) is 0 Å². The minimum absolute atomic E-state index is 0. The number of hydrogen-bond donors (Lipinski definition) is 0. The summed E-state index contributed by atoms with van der Waals surface area (Å²) in [5, 5.41) is 3.47. The molecule has 0 bridgehead atoms. The maximum atomic E-state index is 3.42. The summed E-state index contributed by atoms with van der Waals surface area (Å²) in [5.74, 6) is 3.33. The second kappa shape index (κ2) is 8.89. The van der Waals surface area contributed by atoms with Crippen LogP contribution in [0.4, 0.5) is 0 Å². The van der Waals surface area contributed by atoms with Crippen molar-refractivity contribution in [2.24, 2.45) is 0 Å². The first kappa shape index (κ1) is 24.5. The Morgan fingerprint density at radius 1 is 0.815 bits per heavy atom. The van der Waals surface area contributed by atoms with Gasteiger partial charge in [0.05, 0.1) is 4.88 Å². The van der Waals surface area contributed by atoms with E-state index in [1.165, 1.54) is 22.0 Å². The third kappa shape index (κ3) is 6.52. The molecule has 0 saturated heterocycles. The molecular formula is C24H32LiPS. The quantitative estimate of drug-likeness (QED) is 0.388. The topological polar surface area (TPSA) is 0 Å². The van der Waals surface area contributed by atoms with E-state index >= 15 is 0 Å². The van der Waals surface area contributed by atoms with Crippen LogP contribution in [0.15, 0.2) is 29.6 Å². The molecule has 0 aliphatic rings. The third-order valence-electron chi connectivity index (χ3n) is 4.46. The molecular weight excluding hydrogens is 358 g/mol. The molecule has 0 spiro atoms. The van der Waals surface area contributed by atoms with Crippen molar-refractivity contribution in [2.45, 2.75) is 78.6 Å². The van der Waals surface area contributed by atoms with E-state index in [4.69, 9.17) is 0 Å². The van der Waals surface area contributed by atoms with E-state index in [1.54, 1.807) is 11.3 Å². The second-order valence-corrected chi connectivity index (χ2v) is 11.8. The molecule has 0 fully saturated rings. The molecule has 0 unspecified atom stereocenters. The fraction of sp³-hybridized carbons (Fsp3) is 0.500. The Kier molecular flexibility index (Phi) is 8.08. The van der Waals surface area contributed by atoms with Crippen LogP contribution in [0.1, 0.15) is 83.9 Å². The van der Waals surface area contributed by atoms with Gasteiger partial charge in [-0.05, 0) is 33.3 Å². The van der Waals surface area contributed by atoms with Crippen molar-refractivity contribution < 1.29 is 18.9 Å². The summed E-state index contributed by atoms with van der Waals surface area (Å²) in [5.41, 5.74) is 8.01. The first-order chi connectivity index (χ1) is 11.8. The Bertz CT molecular complexity index is 781. The van der Waals surface area contributed by atoms with Gasteiger partial charge in [0.15, 0.2) is 0 Å². The zero-order valence-corrected chi connectivity index (χ0v) is 20.5. The Morgan fingerprint density at radius 2 is 1.33 bits per heavy atom. The molecule has 2 rings (SSSR count). The smallest absolute Gasteiger partial charge is 0.418 e. The van der Waals surface area contributed by atoms with Crippen LogP contribution < -0.4 is 24.2 Å². The molecule has 1 heterocycles. The Morgan fingerprint density at radius 3 is 1.70 bits per heavy atom. The van der Waals surface area contributed by atoms with Crippen molar-refractivity contribution in [1.82, 2.24) is 0 Å². The zero-order chi connectivity index (χ0) is 19.8. The van der Waals surface area contributed by atoms with Gasteiger partial charge in [-0.2, -0.15) is 5.30 Å². The van der Waals surface area contributed by atoms with Crippen LogP contribution in [0.5, 0.6) is 0 Å². The molecule has 1 aromatic carbocycles. The first-order valence-electron chi connectivity index (χ1n) is 9.25. The van der Waals surface area contributed by atoms with E-state index in [9.17, 15) is 0 Å². The van der Waals surface area contributed by atoms with Gasteiger partial charge in [-0.3, -0.25) is 5.66 Å². The molecule has 0 aliphatic carbocycles. The second-order valence-electron chi connectivity index (χ2n) is 10.00. The van der Waals surface area contributed by atoms with Gasteiger partial charge < -0.3 is 8.58 Å². The van der Waals surface area contributed by atoms with Gasteiger partial charge >= 0.3 is 18.9 Å². The zero-order valence-electron chi connectivity index (χ0n) is 18.7. The van der Waals surface area contributed by atoms with Crippen molar-refractivity contribution in [2.75, 3.05) is 0 Å². The first-order valence-corrected chi connectivity index (χ1v) is 11.0. The van der Waals surface area contributed by atoms with Gasteiger partial charge in [-0.1, -0.05) is 97.6 Å². The Labute approximate surface area is 184 Å². The summed E-state index contributed by atoms with van der Waals surface area (Å²) < 4.78 is 0. The molecule has 0 nitrogen and oxygen atoms in total. The normalized spacial score (nSPS) is 12.6. The molecule has 0 atom stereocenters. The van der Waals surface area contributed by atoms with Crippen LogP contribution in [0, 0.1) is 11.6 Å². The molecule has 0 radical (unpaired) electrons. The van der Waals surface area contributed by atoms with E-state index in [2.05, 4.69) is 104 Å². The van der Waals surface area contributed by atoms with Gasteiger partial charge in [0.25, 0.3) is 0 Å². The van der Waals surface area contributed by atoms with Crippen LogP contribution >= 0.6 is 19.9 Å². The monoisotopic (exact) mass is 390 g/mol. The number of thiophene rings is 1. The van der Waals surface area contributed by atoms with Crippen molar-refractivity contribution in [3.8, 4) is 11.6 Å². The Balaban J connectivity index is 0.00000364. The summed E-state index contributed by atoms with van der Waals surface area (Å²) in [6.45, 7) is 20.8. The molecule has 1 aromatic heterocycles. The molecule has 3 heteroatoms. The van der Waals surface area contributed by atoms with E-state index in [0.717, 1.165) is 13.5 Å². The largest absolute Gasteiger partial charge is 1.00 e. The van der Waals surface area contributed by atoms with Crippen LogP contribution in [0.25, 0.3) is 0 Å². The number of rotatable bonds is 1.